The van der Waals surface area contributed by atoms with Gasteiger partial charge in [-0.05, 0) is 37.0 Å². The predicted molar refractivity (Wildman–Crippen MR) is 76.5 cm³/mol. The molecule has 1 fully saturated rings. The van der Waals surface area contributed by atoms with Gasteiger partial charge in [0.2, 0.25) is 15.9 Å². The van der Waals surface area contributed by atoms with Crippen LogP contribution in [0.4, 0.5) is 0 Å². The summed E-state index contributed by atoms with van der Waals surface area (Å²) in [5, 5.41) is 8.06. The number of nitrogens with one attached hydrogen (secondary N) is 1. The van der Waals surface area contributed by atoms with Crippen LogP contribution >= 0.6 is 0 Å². The van der Waals surface area contributed by atoms with E-state index in [1.165, 1.54) is 25.0 Å². The molecule has 20 heavy (non-hydrogen) atoms. The Labute approximate surface area is 119 Å². The molecule has 1 aromatic rings. The van der Waals surface area contributed by atoms with Crippen molar-refractivity contribution in [3.8, 4) is 0 Å². The number of rotatable bonds is 5. The zero-order valence-corrected chi connectivity index (χ0v) is 12.2. The number of aryl methyl sites for hydroxylation is 1. The minimum atomic E-state index is -3.65. The summed E-state index contributed by atoms with van der Waals surface area (Å²) in [7, 11) is -3.65. The van der Waals surface area contributed by atoms with Crippen molar-refractivity contribution >= 4 is 15.9 Å². The Bertz CT molecular complexity index is 561. The summed E-state index contributed by atoms with van der Waals surface area (Å²) in [6, 6.07) is 6.68. The minimum Gasteiger partial charge on any atom is -0.353 e. The average Bonchev–Trinajstić information content (AvgIpc) is 2.88. The Morgan fingerprint density at radius 1 is 1.20 bits per heavy atom. The van der Waals surface area contributed by atoms with Crippen molar-refractivity contribution in [3.63, 3.8) is 0 Å². The standard InChI is InChI=1S/C14H20N2O3S/c15-20(18,19)13-8-5-11(6-9-13)7-10-14(17)16-12-3-1-2-4-12/h5-6,8-9,12H,1-4,7,10H2,(H,16,17)(H2,15,18,19). The van der Waals surface area contributed by atoms with Crippen LogP contribution in [0, 0.1) is 0 Å². The van der Waals surface area contributed by atoms with Crippen LogP contribution in [0.3, 0.4) is 0 Å². The van der Waals surface area contributed by atoms with Gasteiger partial charge in [-0.15, -0.1) is 0 Å². The molecule has 110 valence electrons. The van der Waals surface area contributed by atoms with Gasteiger partial charge < -0.3 is 5.32 Å². The molecule has 1 saturated carbocycles. The molecule has 0 bridgehead atoms. The Hall–Kier alpha value is -1.40. The van der Waals surface area contributed by atoms with Gasteiger partial charge in [0.25, 0.3) is 0 Å². The van der Waals surface area contributed by atoms with Crippen molar-refractivity contribution in [1.82, 2.24) is 5.32 Å². The van der Waals surface area contributed by atoms with Gasteiger partial charge in [-0.3, -0.25) is 4.79 Å². The van der Waals surface area contributed by atoms with E-state index in [9.17, 15) is 13.2 Å². The van der Waals surface area contributed by atoms with Gasteiger partial charge in [0.05, 0.1) is 4.90 Å². The maximum Gasteiger partial charge on any atom is 0.238 e. The number of carbonyl (C=O) groups is 1. The lowest BCUT2D eigenvalue weighted by atomic mass is 10.1. The van der Waals surface area contributed by atoms with Gasteiger partial charge in [-0.25, -0.2) is 13.6 Å². The summed E-state index contributed by atoms with van der Waals surface area (Å²) in [4.78, 5) is 11.9. The predicted octanol–water partition coefficient (Wildman–Crippen LogP) is 1.33. The van der Waals surface area contributed by atoms with E-state index >= 15 is 0 Å². The summed E-state index contributed by atoms with van der Waals surface area (Å²) < 4.78 is 22.2. The van der Waals surface area contributed by atoms with E-state index in [0.29, 0.717) is 18.9 Å². The number of hydrogen-bond donors (Lipinski definition) is 2. The number of benzene rings is 1. The summed E-state index contributed by atoms with van der Waals surface area (Å²) in [6.45, 7) is 0. The molecule has 6 heteroatoms. The van der Waals surface area contributed by atoms with Crippen molar-refractivity contribution in [2.45, 2.75) is 49.5 Å². The van der Waals surface area contributed by atoms with Crippen LogP contribution in [-0.4, -0.2) is 20.4 Å². The maximum atomic E-state index is 11.8. The quantitative estimate of drug-likeness (QED) is 0.859. The van der Waals surface area contributed by atoms with Crippen molar-refractivity contribution in [1.29, 1.82) is 0 Å². The van der Waals surface area contributed by atoms with E-state index in [1.807, 2.05) is 0 Å². The SMILES string of the molecule is NS(=O)(=O)c1ccc(CCC(=O)NC2CCCC2)cc1. The molecule has 5 nitrogen and oxygen atoms in total. The van der Waals surface area contributed by atoms with Crippen LogP contribution in [0.15, 0.2) is 29.2 Å². The molecule has 0 unspecified atom stereocenters. The Kier molecular flexibility index (Phi) is 4.77. The highest BCUT2D eigenvalue weighted by molar-refractivity contribution is 7.89. The van der Waals surface area contributed by atoms with Crippen LogP contribution < -0.4 is 10.5 Å². The molecule has 0 heterocycles. The number of sulfonamides is 1. The first-order chi connectivity index (χ1) is 9.45. The van der Waals surface area contributed by atoms with Crippen molar-refractivity contribution in [2.75, 3.05) is 0 Å². The first kappa shape index (κ1) is 15.0. The highest BCUT2D eigenvalue weighted by Gasteiger charge is 2.16. The lowest BCUT2D eigenvalue weighted by Crippen LogP contribution is -2.32. The first-order valence-electron chi connectivity index (χ1n) is 6.86. The van der Waals surface area contributed by atoms with Crippen LogP contribution in [0.5, 0.6) is 0 Å². The molecule has 1 aromatic carbocycles. The Morgan fingerprint density at radius 3 is 2.35 bits per heavy atom. The van der Waals surface area contributed by atoms with Gasteiger partial charge in [-0.1, -0.05) is 25.0 Å². The molecule has 0 radical (unpaired) electrons. The van der Waals surface area contributed by atoms with Gasteiger partial charge in [-0.2, -0.15) is 0 Å². The zero-order valence-electron chi connectivity index (χ0n) is 11.3. The highest BCUT2D eigenvalue weighted by Crippen LogP contribution is 2.18. The van der Waals surface area contributed by atoms with Crippen LogP contribution in [0.1, 0.15) is 37.7 Å². The third-order valence-electron chi connectivity index (χ3n) is 3.61. The summed E-state index contributed by atoms with van der Waals surface area (Å²) in [5.74, 6) is 0.0624. The minimum absolute atomic E-state index is 0.0624. The molecule has 2 rings (SSSR count). The third kappa shape index (κ3) is 4.31. The number of nitrogens with two attached hydrogens (primary N) is 1. The zero-order chi connectivity index (χ0) is 14.6. The molecule has 1 amide bonds. The van der Waals surface area contributed by atoms with E-state index in [1.54, 1.807) is 12.1 Å². The van der Waals surface area contributed by atoms with E-state index in [0.717, 1.165) is 18.4 Å². The molecule has 0 atom stereocenters. The highest BCUT2D eigenvalue weighted by atomic mass is 32.2. The second-order valence-electron chi connectivity index (χ2n) is 5.24. The van der Waals surface area contributed by atoms with Crippen molar-refractivity contribution < 1.29 is 13.2 Å². The fourth-order valence-electron chi connectivity index (χ4n) is 2.47. The lowest BCUT2D eigenvalue weighted by Gasteiger charge is -2.11. The number of carbonyl (C=O) groups excluding carboxylic acids is 1. The fraction of sp³-hybridized carbons (Fsp3) is 0.500. The van der Waals surface area contributed by atoms with Crippen molar-refractivity contribution in [3.05, 3.63) is 29.8 Å². The number of hydrogen-bond acceptors (Lipinski definition) is 3. The van der Waals surface area contributed by atoms with Gasteiger partial charge in [0, 0.05) is 12.5 Å². The molecule has 0 aliphatic heterocycles. The summed E-state index contributed by atoms with van der Waals surface area (Å²) in [5.41, 5.74) is 0.930. The molecule has 0 aromatic heterocycles. The van der Waals surface area contributed by atoms with Crippen molar-refractivity contribution in [2.24, 2.45) is 5.14 Å². The monoisotopic (exact) mass is 296 g/mol. The molecular formula is C14H20N2O3S. The molecule has 1 aliphatic carbocycles. The van der Waals surface area contributed by atoms with Crippen LogP contribution in [0.25, 0.3) is 0 Å². The number of amides is 1. The third-order valence-corrected chi connectivity index (χ3v) is 4.54. The lowest BCUT2D eigenvalue weighted by molar-refractivity contribution is -0.121. The largest absolute Gasteiger partial charge is 0.353 e. The van der Waals surface area contributed by atoms with E-state index in [2.05, 4.69) is 5.32 Å². The molecule has 3 N–H and O–H groups in total. The van der Waals surface area contributed by atoms with E-state index in [4.69, 9.17) is 5.14 Å². The van der Waals surface area contributed by atoms with E-state index in [-0.39, 0.29) is 10.8 Å². The normalized spacial score (nSPS) is 16.2. The van der Waals surface area contributed by atoms with Gasteiger partial charge >= 0.3 is 0 Å². The Balaban J connectivity index is 1.83. The van der Waals surface area contributed by atoms with Crippen LogP contribution in [-0.2, 0) is 21.2 Å². The fourth-order valence-corrected chi connectivity index (χ4v) is 2.99. The average molecular weight is 296 g/mol. The molecular weight excluding hydrogens is 276 g/mol. The Morgan fingerprint density at radius 2 is 1.80 bits per heavy atom. The number of primary sulfonamides is 1. The molecule has 1 aliphatic rings. The van der Waals surface area contributed by atoms with Crippen LogP contribution in [0.2, 0.25) is 0 Å². The second kappa shape index (κ2) is 6.37. The smallest absolute Gasteiger partial charge is 0.238 e. The van der Waals surface area contributed by atoms with E-state index < -0.39 is 10.0 Å². The summed E-state index contributed by atoms with van der Waals surface area (Å²) in [6.07, 6.45) is 5.57. The molecule has 0 spiro atoms. The maximum absolute atomic E-state index is 11.8. The van der Waals surface area contributed by atoms with Gasteiger partial charge in [0.1, 0.15) is 0 Å². The van der Waals surface area contributed by atoms with Gasteiger partial charge in [0.15, 0.2) is 0 Å². The topological polar surface area (TPSA) is 89.3 Å². The summed E-state index contributed by atoms with van der Waals surface area (Å²) >= 11 is 0. The molecule has 0 saturated heterocycles. The first-order valence-corrected chi connectivity index (χ1v) is 8.41. The second-order valence-corrected chi connectivity index (χ2v) is 6.80.